The van der Waals surface area contributed by atoms with E-state index in [0.29, 0.717) is 17.3 Å². The van der Waals surface area contributed by atoms with Crippen LogP contribution in [0.2, 0.25) is 5.02 Å². The number of hydrogen-bond acceptors (Lipinski definition) is 3. The number of hydrogen-bond donors (Lipinski definition) is 2. The van der Waals surface area contributed by atoms with Gasteiger partial charge in [-0.3, -0.25) is 9.69 Å². The highest BCUT2D eigenvalue weighted by molar-refractivity contribution is 7.99. The van der Waals surface area contributed by atoms with Gasteiger partial charge in [0.15, 0.2) is 0 Å². The van der Waals surface area contributed by atoms with E-state index < -0.39 is 18.5 Å². The second-order valence-corrected chi connectivity index (χ2v) is 5.90. The van der Waals surface area contributed by atoms with Crippen LogP contribution in [-0.2, 0) is 4.79 Å². The normalized spacial score (nSPS) is 11.8. The molecule has 7 heteroatoms. The molecule has 1 atom stereocenters. The van der Waals surface area contributed by atoms with Crippen LogP contribution in [-0.4, -0.2) is 41.7 Å². The summed E-state index contributed by atoms with van der Waals surface area (Å²) in [5.41, 5.74) is 0.453. The van der Waals surface area contributed by atoms with Crippen molar-refractivity contribution < 1.29 is 14.7 Å². The van der Waals surface area contributed by atoms with E-state index in [0.717, 1.165) is 4.90 Å². The molecule has 1 aromatic carbocycles. The predicted octanol–water partition coefficient (Wildman–Crippen LogP) is 2.69. The van der Waals surface area contributed by atoms with Gasteiger partial charge in [0.1, 0.15) is 6.54 Å². The number of urea groups is 1. The Labute approximate surface area is 127 Å². The molecule has 0 radical (unpaired) electrons. The Morgan fingerprint density at radius 3 is 2.75 bits per heavy atom. The largest absolute Gasteiger partial charge is 0.480 e. The number of amides is 2. The van der Waals surface area contributed by atoms with Gasteiger partial charge in [0, 0.05) is 22.5 Å². The molecule has 0 aromatic heterocycles. The highest BCUT2D eigenvalue weighted by Gasteiger charge is 2.19. The quantitative estimate of drug-likeness (QED) is 0.846. The third kappa shape index (κ3) is 5.30. The molecule has 110 valence electrons. The number of aliphatic carboxylic acids is 1. The lowest BCUT2D eigenvalue weighted by molar-refractivity contribution is -0.135. The number of rotatable bonds is 6. The monoisotopic (exact) mass is 316 g/mol. The summed E-state index contributed by atoms with van der Waals surface area (Å²) in [6, 6.07) is 6.09. The summed E-state index contributed by atoms with van der Waals surface area (Å²) in [6.07, 6.45) is 1.95. The molecule has 0 aliphatic heterocycles. The van der Waals surface area contributed by atoms with Crippen molar-refractivity contribution in [3.8, 4) is 0 Å². The van der Waals surface area contributed by atoms with Crippen LogP contribution in [0.3, 0.4) is 0 Å². The molecule has 20 heavy (non-hydrogen) atoms. The van der Waals surface area contributed by atoms with Crippen molar-refractivity contribution >= 4 is 41.1 Å². The van der Waals surface area contributed by atoms with Crippen LogP contribution >= 0.6 is 23.4 Å². The SMILES string of the molecule is CSC(C)CNC(=O)N(CC(=O)O)c1cccc(Cl)c1. The molecule has 1 unspecified atom stereocenters. The summed E-state index contributed by atoms with van der Waals surface area (Å²) >= 11 is 7.49. The van der Waals surface area contributed by atoms with Gasteiger partial charge in [-0.05, 0) is 24.5 Å². The molecule has 2 N–H and O–H groups in total. The van der Waals surface area contributed by atoms with E-state index in [-0.39, 0.29) is 5.25 Å². The third-order valence-electron chi connectivity index (χ3n) is 2.60. The van der Waals surface area contributed by atoms with Crippen molar-refractivity contribution in [3.05, 3.63) is 29.3 Å². The summed E-state index contributed by atoms with van der Waals surface area (Å²) in [7, 11) is 0. The Kier molecular flexibility index (Phi) is 6.67. The zero-order chi connectivity index (χ0) is 15.1. The van der Waals surface area contributed by atoms with Crippen LogP contribution in [0.1, 0.15) is 6.92 Å². The second kappa shape index (κ2) is 8.01. The average molecular weight is 317 g/mol. The summed E-state index contributed by atoms with van der Waals surface area (Å²) in [6.45, 7) is 2.03. The number of nitrogens with one attached hydrogen (secondary N) is 1. The molecule has 0 fully saturated rings. The van der Waals surface area contributed by atoms with Crippen molar-refractivity contribution in [2.24, 2.45) is 0 Å². The lowest BCUT2D eigenvalue weighted by Gasteiger charge is -2.22. The molecule has 0 heterocycles. The summed E-state index contributed by atoms with van der Waals surface area (Å²) in [5.74, 6) is -1.09. The molecule has 2 amide bonds. The first-order valence-corrected chi connectivity index (χ1v) is 7.66. The van der Waals surface area contributed by atoms with Gasteiger partial charge in [0.25, 0.3) is 0 Å². The van der Waals surface area contributed by atoms with Gasteiger partial charge < -0.3 is 10.4 Å². The maximum Gasteiger partial charge on any atom is 0.323 e. The standard InChI is InChI=1S/C13H17ClN2O3S/c1-9(20-2)7-15-13(19)16(8-12(17)18)11-5-3-4-10(14)6-11/h3-6,9H,7-8H2,1-2H3,(H,15,19)(H,17,18). The van der Waals surface area contributed by atoms with Gasteiger partial charge in [-0.2, -0.15) is 11.8 Å². The highest BCUT2D eigenvalue weighted by Crippen LogP contribution is 2.19. The van der Waals surface area contributed by atoms with E-state index in [1.807, 2.05) is 13.2 Å². The van der Waals surface area contributed by atoms with Crippen LogP contribution in [0.5, 0.6) is 0 Å². The van der Waals surface area contributed by atoms with Gasteiger partial charge in [0.05, 0.1) is 0 Å². The summed E-state index contributed by atoms with van der Waals surface area (Å²) in [5, 5.41) is 12.3. The lowest BCUT2D eigenvalue weighted by Crippen LogP contribution is -2.44. The predicted molar refractivity (Wildman–Crippen MR) is 82.8 cm³/mol. The van der Waals surface area contributed by atoms with Gasteiger partial charge >= 0.3 is 12.0 Å². The molecule has 0 saturated carbocycles. The van der Waals surface area contributed by atoms with Gasteiger partial charge in [-0.1, -0.05) is 24.6 Å². The zero-order valence-electron chi connectivity index (χ0n) is 11.3. The maximum atomic E-state index is 12.1. The zero-order valence-corrected chi connectivity index (χ0v) is 12.9. The smallest absolute Gasteiger partial charge is 0.323 e. The molecule has 0 aliphatic rings. The molecule has 0 aliphatic carbocycles. The topological polar surface area (TPSA) is 69.6 Å². The second-order valence-electron chi connectivity index (χ2n) is 4.19. The Morgan fingerprint density at radius 1 is 1.50 bits per heavy atom. The van der Waals surface area contributed by atoms with E-state index in [1.54, 1.807) is 36.0 Å². The number of halogens is 1. The Morgan fingerprint density at radius 2 is 2.20 bits per heavy atom. The van der Waals surface area contributed by atoms with Crippen LogP contribution in [0, 0.1) is 0 Å². The third-order valence-corrected chi connectivity index (χ3v) is 3.81. The van der Waals surface area contributed by atoms with Gasteiger partial charge in [-0.15, -0.1) is 0 Å². The maximum absolute atomic E-state index is 12.1. The first kappa shape index (κ1) is 16.7. The molecule has 5 nitrogen and oxygen atoms in total. The average Bonchev–Trinajstić information content (AvgIpc) is 2.41. The van der Waals surface area contributed by atoms with Gasteiger partial charge in [0.2, 0.25) is 0 Å². The summed E-state index contributed by atoms with van der Waals surface area (Å²) in [4.78, 5) is 24.2. The Bertz CT molecular complexity index is 484. The fourth-order valence-corrected chi connectivity index (χ4v) is 1.90. The van der Waals surface area contributed by atoms with Crippen molar-refractivity contribution in [1.29, 1.82) is 0 Å². The lowest BCUT2D eigenvalue weighted by atomic mass is 10.3. The molecule has 1 aromatic rings. The van der Waals surface area contributed by atoms with Crippen LogP contribution in [0.15, 0.2) is 24.3 Å². The van der Waals surface area contributed by atoms with E-state index in [4.69, 9.17) is 16.7 Å². The first-order valence-electron chi connectivity index (χ1n) is 5.99. The minimum atomic E-state index is -1.09. The number of carboxylic acids is 1. The number of benzene rings is 1. The van der Waals surface area contributed by atoms with Crippen molar-refractivity contribution in [2.45, 2.75) is 12.2 Å². The number of thioether (sulfide) groups is 1. The van der Waals surface area contributed by atoms with Crippen molar-refractivity contribution in [1.82, 2.24) is 5.32 Å². The van der Waals surface area contributed by atoms with E-state index in [1.165, 1.54) is 0 Å². The van der Waals surface area contributed by atoms with Crippen LogP contribution < -0.4 is 10.2 Å². The Hall–Kier alpha value is -1.40. The van der Waals surface area contributed by atoms with Crippen molar-refractivity contribution in [2.75, 3.05) is 24.2 Å². The number of carbonyl (C=O) groups excluding carboxylic acids is 1. The fourth-order valence-electron chi connectivity index (χ4n) is 1.47. The Balaban J connectivity index is 2.83. The fraction of sp³-hybridized carbons (Fsp3) is 0.385. The number of anilines is 1. The number of carbonyl (C=O) groups is 2. The minimum Gasteiger partial charge on any atom is -0.480 e. The first-order chi connectivity index (χ1) is 9.43. The van der Waals surface area contributed by atoms with E-state index in [2.05, 4.69) is 5.32 Å². The minimum absolute atomic E-state index is 0.255. The van der Waals surface area contributed by atoms with Crippen molar-refractivity contribution in [3.63, 3.8) is 0 Å². The van der Waals surface area contributed by atoms with Crippen LogP contribution in [0.4, 0.5) is 10.5 Å². The number of carboxylic acid groups (broad SMARTS) is 1. The summed E-state index contributed by atoms with van der Waals surface area (Å²) < 4.78 is 0. The molecule has 0 saturated heterocycles. The van der Waals surface area contributed by atoms with E-state index >= 15 is 0 Å². The molecule has 0 spiro atoms. The molecule has 0 bridgehead atoms. The van der Waals surface area contributed by atoms with E-state index in [9.17, 15) is 9.59 Å². The number of nitrogens with zero attached hydrogens (tertiary/aromatic N) is 1. The highest BCUT2D eigenvalue weighted by atomic mass is 35.5. The molecular weight excluding hydrogens is 300 g/mol. The molecule has 1 rings (SSSR count). The van der Waals surface area contributed by atoms with Crippen LogP contribution in [0.25, 0.3) is 0 Å². The molecular formula is C13H17ClN2O3S. The van der Waals surface area contributed by atoms with Gasteiger partial charge in [-0.25, -0.2) is 4.79 Å².